The van der Waals surface area contributed by atoms with Crippen LogP contribution in [0.2, 0.25) is 0 Å². The Kier molecular flexibility index (Phi) is 5.95. The van der Waals surface area contributed by atoms with E-state index in [9.17, 15) is 14.4 Å². The van der Waals surface area contributed by atoms with E-state index in [-0.39, 0.29) is 29.7 Å². The molecule has 1 saturated heterocycles. The minimum Gasteiger partial charge on any atom is -0.349 e. The summed E-state index contributed by atoms with van der Waals surface area (Å²) in [5, 5.41) is 5.68. The fourth-order valence-electron chi connectivity index (χ4n) is 2.82. The third kappa shape index (κ3) is 4.81. The summed E-state index contributed by atoms with van der Waals surface area (Å²) in [5.74, 6) is -0.152. The molecule has 3 amide bonds. The Bertz CT molecular complexity index is 620. The Morgan fingerprint density at radius 2 is 1.83 bits per heavy atom. The summed E-state index contributed by atoms with van der Waals surface area (Å²) >= 11 is 0. The average molecular weight is 331 g/mol. The molecular weight excluding hydrogens is 306 g/mol. The van der Waals surface area contributed by atoms with Gasteiger partial charge in [-0.15, -0.1) is 0 Å². The van der Waals surface area contributed by atoms with E-state index in [2.05, 4.69) is 10.6 Å². The zero-order chi connectivity index (χ0) is 17.7. The van der Waals surface area contributed by atoms with Crippen LogP contribution in [0.5, 0.6) is 0 Å². The largest absolute Gasteiger partial charge is 0.349 e. The van der Waals surface area contributed by atoms with Crippen LogP contribution in [0.15, 0.2) is 24.3 Å². The van der Waals surface area contributed by atoms with Crippen molar-refractivity contribution in [1.29, 1.82) is 0 Å². The highest BCUT2D eigenvalue weighted by atomic mass is 16.2. The summed E-state index contributed by atoms with van der Waals surface area (Å²) in [7, 11) is 0. The first-order valence-electron chi connectivity index (χ1n) is 8.34. The number of carbonyl (C=O) groups excluding carboxylic acids is 3. The van der Waals surface area contributed by atoms with Crippen LogP contribution < -0.4 is 10.6 Å². The first kappa shape index (κ1) is 18.0. The lowest BCUT2D eigenvalue weighted by Gasteiger charge is -2.33. The van der Waals surface area contributed by atoms with Crippen molar-refractivity contribution in [3.63, 3.8) is 0 Å². The monoisotopic (exact) mass is 331 g/mol. The summed E-state index contributed by atoms with van der Waals surface area (Å²) in [5.41, 5.74) is 1.12. The number of hydrogen-bond donors (Lipinski definition) is 2. The van der Waals surface area contributed by atoms with Crippen LogP contribution in [0.25, 0.3) is 0 Å². The average Bonchev–Trinajstić information content (AvgIpc) is 2.54. The second-order valence-corrected chi connectivity index (χ2v) is 6.49. The van der Waals surface area contributed by atoms with Crippen molar-refractivity contribution in [2.24, 2.45) is 5.92 Å². The highest BCUT2D eigenvalue weighted by Crippen LogP contribution is 2.15. The fourth-order valence-corrected chi connectivity index (χ4v) is 2.82. The summed E-state index contributed by atoms with van der Waals surface area (Å²) in [6.45, 7) is 6.58. The number of rotatable bonds is 4. The number of hydrogen-bond acceptors (Lipinski definition) is 3. The normalized spacial score (nSPS) is 15.2. The smallest absolute Gasteiger partial charge is 0.251 e. The standard InChI is InChI=1S/C18H25N3O3/c1-12(2)18(24)21-9-7-15(8-10-21)20-17(23)14-5-4-6-16(11-14)19-13(3)22/h4-6,11-12,15H,7-10H2,1-3H3,(H,19,22)(H,20,23). The van der Waals surface area contributed by atoms with Gasteiger partial charge in [-0.25, -0.2) is 0 Å². The molecule has 2 rings (SSSR count). The van der Waals surface area contributed by atoms with Crippen LogP contribution in [-0.2, 0) is 9.59 Å². The molecule has 6 heteroatoms. The van der Waals surface area contributed by atoms with Crippen LogP contribution >= 0.6 is 0 Å². The maximum absolute atomic E-state index is 12.4. The molecule has 0 aromatic heterocycles. The van der Waals surface area contributed by atoms with Crippen LogP contribution in [0.1, 0.15) is 44.0 Å². The van der Waals surface area contributed by atoms with Gasteiger partial charge in [0.1, 0.15) is 0 Å². The number of anilines is 1. The molecule has 6 nitrogen and oxygen atoms in total. The van der Waals surface area contributed by atoms with Crippen molar-refractivity contribution in [1.82, 2.24) is 10.2 Å². The van der Waals surface area contributed by atoms with Crippen LogP contribution in [0, 0.1) is 5.92 Å². The van der Waals surface area contributed by atoms with Gasteiger partial charge < -0.3 is 15.5 Å². The maximum atomic E-state index is 12.4. The van der Waals surface area contributed by atoms with Gasteiger partial charge in [-0.2, -0.15) is 0 Å². The van der Waals surface area contributed by atoms with E-state index in [4.69, 9.17) is 0 Å². The van der Waals surface area contributed by atoms with Crippen molar-refractivity contribution >= 4 is 23.4 Å². The topological polar surface area (TPSA) is 78.5 Å². The molecule has 1 aromatic rings. The van der Waals surface area contributed by atoms with Gasteiger partial charge in [-0.1, -0.05) is 19.9 Å². The predicted molar refractivity (Wildman–Crippen MR) is 92.7 cm³/mol. The molecule has 1 aliphatic rings. The minimum atomic E-state index is -0.172. The molecule has 0 spiro atoms. The lowest BCUT2D eigenvalue weighted by atomic mass is 10.0. The van der Waals surface area contributed by atoms with Gasteiger partial charge >= 0.3 is 0 Å². The van der Waals surface area contributed by atoms with Gasteiger partial charge in [0.15, 0.2) is 0 Å². The van der Waals surface area contributed by atoms with E-state index in [1.165, 1.54) is 6.92 Å². The van der Waals surface area contributed by atoms with Crippen LogP contribution in [0.4, 0.5) is 5.69 Å². The van der Waals surface area contributed by atoms with Crippen molar-refractivity contribution in [2.75, 3.05) is 18.4 Å². The SMILES string of the molecule is CC(=O)Nc1cccc(C(=O)NC2CCN(C(=O)C(C)C)CC2)c1. The number of piperidine rings is 1. The van der Waals surface area contributed by atoms with Crippen molar-refractivity contribution < 1.29 is 14.4 Å². The zero-order valence-electron chi connectivity index (χ0n) is 14.5. The second-order valence-electron chi connectivity index (χ2n) is 6.49. The molecule has 0 radical (unpaired) electrons. The van der Waals surface area contributed by atoms with E-state index < -0.39 is 0 Å². The van der Waals surface area contributed by atoms with E-state index in [1.54, 1.807) is 24.3 Å². The van der Waals surface area contributed by atoms with Crippen molar-refractivity contribution in [2.45, 2.75) is 39.7 Å². The molecule has 0 aliphatic carbocycles. The van der Waals surface area contributed by atoms with Crippen molar-refractivity contribution in [3.05, 3.63) is 29.8 Å². The molecule has 1 heterocycles. The Morgan fingerprint density at radius 3 is 2.42 bits per heavy atom. The lowest BCUT2D eigenvalue weighted by Crippen LogP contribution is -2.47. The molecule has 0 unspecified atom stereocenters. The van der Waals surface area contributed by atoms with Gasteiger partial charge in [-0.05, 0) is 31.0 Å². The van der Waals surface area contributed by atoms with E-state index in [1.807, 2.05) is 18.7 Å². The lowest BCUT2D eigenvalue weighted by molar-refractivity contribution is -0.135. The van der Waals surface area contributed by atoms with Gasteiger partial charge in [0.05, 0.1) is 0 Å². The molecule has 0 bridgehead atoms. The first-order chi connectivity index (χ1) is 11.4. The first-order valence-corrected chi connectivity index (χ1v) is 8.34. The molecule has 130 valence electrons. The quantitative estimate of drug-likeness (QED) is 0.886. The van der Waals surface area contributed by atoms with Crippen molar-refractivity contribution in [3.8, 4) is 0 Å². The Labute approximate surface area is 142 Å². The van der Waals surface area contributed by atoms with Crippen LogP contribution in [0.3, 0.4) is 0 Å². The number of amides is 3. The molecule has 0 saturated carbocycles. The summed E-state index contributed by atoms with van der Waals surface area (Å²) < 4.78 is 0. The van der Waals surface area contributed by atoms with E-state index in [0.717, 1.165) is 12.8 Å². The number of likely N-dealkylation sites (tertiary alicyclic amines) is 1. The number of nitrogens with one attached hydrogen (secondary N) is 2. The highest BCUT2D eigenvalue weighted by Gasteiger charge is 2.25. The van der Waals surface area contributed by atoms with Gasteiger partial charge in [-0.3, -0.25) is 14.4 Å². The molecular formula is C18H25N3O3. The maximum Gasteiger partial charge on any atom is 0.251 e. The summed E-state index contributed by atoms with van der Waals surface area (Å²) in [6, 6.07) is 6.93. The summed E-state index contributed by atoms with van der Waals surface area (Å²) in [4.78, 5) is 37.3. The molecule has 2 N–H and O–H groups in total. The number of benzene rings is 1. The highest BCUT2D eigenvalue weighted by molar-refractivity contribution is 5.97. The van der Waals surface area contributed by atoms with Gasteiger partial charge in [0.2, 0.25) is 11.8 Å². The van der Waals surface area contributed by atoms with Crippen LogP contribution in [-0.4, -0.2) is 41.8 Å². The molecule has 1 aliphatic heterocycles. The Hall–Kier alpha value is -2.37. The second kappa shape index (κ2) is 7.95. The predicted octanol–water partition coefficient (Wildman–Crippen LogP) is 2.02. The van der Waals surface area contributed by atoms with E-state index in [0.29, 0.717) is 24.3 Å². The molecule has 24 heavy (non-hydrogen) atoms. The van der Waals surface area contributed by atoms with E-state index >= 15 is 0 Å². The summed E-state index contributed by atoms with van der Waals surface area (Å²) in [6.07, 6.45) is 1.52. The minimum absolute atomic E-state index is 0.00709. The molecule has 1 fully saturated rings. The molecule has 1 aromatic carbocycles. The zero-order valence-corrected chi connectivity index (χ0v) is 14.5. The third-order valence-electron chi connectivity index (χ3n) is 4.08. The fraction of sp³-hybridized carbons (Fsp3) is 0.500. The molecule has 0 atom stereocenters. The number of carbonyl (C=O) groups is 3. The number of nitrogens with zero attached hydrogens (tertiary/aromatic N) is 1. The third-order valence-corrected chi connectivity index (χ3v) is 4.08. The Balaban J connectivity index is 1.90. The Morgan fingerprint density at radius 1 is 1.17 bits per heavy atom. The van der Waals surface area contributed by atoms with Gasteiger partial charge in [0, 0.05) is 43.2 Å². The van der Waals surface area contributed by atoms with Gasteiger partial charge in [0.25, 0.3) is 5.91 Å².